The zero-order valence-corrected chi connectivity index (χ0v) is 13.1. The van der Waals surface area contributed by atoms with Crippen molar-refractivity contribution in [1.82, 2.24) is 14.7 Å². The van der Waals surface area contributed by atoms with Gasteiger partial charge in [-0.2, -0.15) is 0 Å². The van der Waals surface area contributed by atoms with Gasteiger partial charge in [0.2, 0.25) is 5.91 Å². The van der Waals surface area contributed by atoms with Crippen LogP contribution in [-0.2, 0) is 11.2 Å². The van der Waals surface area contributed by atoms with Crippen LogP contribution in [0.25, 0.3) is 5.65 Å². The summed E-state index contributed by atoms with van der Waals surface area (Å²) in [5.41, 5.74) is 3.27. The molecule has 3 rings (SSSR count). The summed E-state index contributed by atoms with van der Waals surface area (Å²) in [5.74, 6) is 0.107. The van der Waals surface area contributed by atoms with E-state index in [0.717, 1.165) is 24.2 Å². The molecular formula is C18H23N3O. The second kappa shape index (κ2) is 6.77. The topological polar surface area (TPSA) is 46.4 Å². The summed E-state index contributed by atoms with van der Waals surface area (Å²) >= 11 is 0. The van der Waals surface area contributed by atoms with Crippen molar-refractivity contribution in [2.75, 3.05) is 0 Å². The molecule has 2 heterocycles. The number of pyridine rings is 1. The number of aromatic nitrogens is 2. The largest absolute Gasteiger partial charge is 0.350 e. The van der Waals surface area contributed by atoms with Crippen LogP contribution in [-0.4, -0.2) is 21.3 Å². The summed E-state index contributed by atoms with van der Waals surface area (Å²) in [4.78, 5) is 16.6. The predicted octanol–water partition coefficient (Wildman–Crippen LogP) is 3.27. The van der Waals surface area contributed by atoms with Crippen LogP contribution in [0.4, 0.5) is 0 Å². The van der Waals surface area contributed by atoms with Crippen molar-refractivity contribution in [3.63, 3.8) is 0 Å². The quantitative estimate of drug-likeness (QED) is 0.861. The zero-order chi connectivity index (χ0) is 15.4. The summed E-state index contributed by atoms with van der Waals surface area (Å²) in [6, 6.07) is 6.08. The average Bonchev–Trinajstić information content (AvgIpc) is 2.96. The fraction of sp³-hybridized carbons (Fsp3) is 0.444. The number of nitrogens with one attached hydrogen (secondary N) is 1. The van der Waals surface area contributed by atoms with E-state index in [0.29, 0.717) is 12.8 Å². The third-order valence-corrected chi connectivity index (χ3v) is 4.28. The van der Waals surface area contributed by atoms with Crippen molar-refractivity contribution in [2.45, 2.75) is 51.5 Å². The van der Waals surface area contributed by atoms with Gasteiger partial charge >= 0.3 is 0 Å². The number of hydrogen-bond donors (Lipinski definition) is 1. The Balaban J connectivity index is 1.52. The van der Waals surface area contributed by atoms with Crippen LogP contribution in [0.15, 0.2) is 42.2 Å². The van der Waals surface area contributed by atoms with Crippen molar-refractivity contribution in [2.24, 2.45) is 0 Å². The minimum absolute atomic E-state index is 0.107. The van der Waals surface area contributed by atoms with E-state index >= 15 is 0 Å². The van der Waals surface area contributed by atoms with E-state index in [9.17, 15) is 4.79 Å². The number of rotatable bonds is 5. The standard InChI is InChI=1S/C18H23N3O/c1-14(15-7-3-2-4-8-15)19-18(22)11-10-16-13-21-12-6-5-9-17(21)20-16/h5-7,9,12-14H,2-4,8,10-11H2,1H3,(H,19,22). The van der Waals surface area contributed by atoms with E-state index in [1.54, 1.807) is 0 Å². The molecule has 22 heavy (non-hydrogen) atoms. The maximum atomic E-state index is 12.1. The summed E-state index contributed by atoms with van der Waals surface area (Å²) in [6.07, 6.45) is 12.2. The molecule has 116 valence electrons. The number of carbonyl (C=O) groups is 1. The van der Waals surface area contributed by atoms with Crippen LogP contribution in [0.2, 0.25) is 0 Å². The molecular weight excluding hydrogens is 274 g/mol. The lowest BCUT2D eigenvalue weighted by Gasteiger charge is -2.20. The third-order valence-electron chi connectivity index (χ3n) is 4.28. The molecule has 4 heteroatoms. The maximum absolute atomic E-state index is 12.1. The van der Waals surface area contributed by atoms with Gasteiger partial charge in [0, 0.05) is 24.9 Å². The van der Waals surface area contributed by atoms with E-state index in [1.807, 2.05) is 35.0 Å². The molecule has 0 bridgehead atoms. The van der Waals surface area contributed by atoms with Gasteiger partial charge in [-0.1, -0.05) is 17.7 Å². The molecule has 4 nitrogen and oxygen atoms in total. The van der Waals surface area contributed by atoms with E-state index in [-0.39, 0.29) is 11.9 Å². The SMILES string of the molecule is CC(NC(=O)CCc1cn2ccccc2n1)C1=CCCCC1. The lowest BCUT2D eigenvalue weighted by atomic mass is 9.94. The molecule has 0 saturated heterocycles. The number of hydrogen-bond acceptors (Lipinski definition) is 2. The van der Waals surface area contributed by atoms with Gasteiger partial charge in [-0.15, -0.1) is 0 Å². The molecule has 1 aliphatic carbocycles. The summed E-state index contributed by atoms with van der Waals surface area (Å²) < 4.78 is 1.99. The van der Waals surface area contributed by atoms with E-state index in [4.69, 9.17) is 0 Å². The predicted molar refractivity (Wildman–Crippen MR) is 87.7 cm³/mol. The molecule has 1 amide bonds. The molecule has 1 aliphatic rings. The highest BCUT2D eigenvalue weighted by molar-refractivity contribution is 5.76. The van der Waals surface area contributed by atoms with Crippen LogP contribution in [0, 0.1) is 0 Å². The molecule has 0 aromatic carbocycles. The Morgan fingerprint density at radius 2 is 2.32 bits per heavy atom. The van der Waals surface area contributed by atoms with Gasteiger partial charge in [0.05, 0.1) is 5.69 Å². The fourth-order valence-corrected chi connectivity index (χ4v) is 3.01. The van der Waals surface area contributed by atoms with Gasteiger partial charge in [-0.25, -0.2) is 4.98 Å². The monoisotopic (exact) mass is 297 g/mol. The Bertz CT molecular complexity index is 653. The van der Waals surface area contributed by atoms with Gasteiger partial charge in [-0.3, -0.25) is 4.79 Å². The Morgan fingerprint density at radius 3 is 3.09 bits per heavy atom. The lowest BCUT2D eigenvalue weighted by molar-refractivity contribution is -0.121. The summed E-state index contributed by atoms with van der Waals surface area (Å²) in [5, 5.41) is 3.11. The molecule has 0 fully saturated rings. The van der Waals surface area contributed by atoms with Crippen LogP contribution >= 0.6 is 0 Å². The van der Waals surface area contributed by atoms with E-state index in [2.05, 4.69) is 23.3 Å². The third kappa shape index (κ3) is 3.56. The first-order chi connectivity index (χ1) is 10.7. The number of carbonyl (C=O) groups excluding carboxylic acids is 1. The number of aryl methyl sites for hydroxylation is 1. The lowest BCUT2D eigenvalue weighted by Crippen LogP contribution is -2.34. The Morgan fingerprint density at radius 1 is 1.41 bits per heavy atom. The smallest absolute Gasteiger partial charge is 0.220 e. The minimum atomic E-state index is 0.107. The fourth-order valence-electron chi connectivity index (χ4n) is 3.01. The van der Waals surface area contributed by atoms with Crippen LogP contribution in [0.5, 0.6) is 0 Å². The van der Waals surface area contributed by atoms with E-state index in [1.165, 1.54) is 18.4 Å². The Hall–Kier alpha value is -2.10. The number of allylic oxidation sites excluding steroid dienone is 1. The average molecular weight is 297 g/mol. The summed E-state index contributed by atoms with van der Waals surface area (Å²) in [6.45, 7) is 2.08. The van der Waals surface area contributed by atoms with Crippen LogP contribution < -0.4 is 5.32 Å². The van der Waals surface area contributed by atoms with Gasteiger partial charge in [0.25, 0.3) is 0 Å². The Labute approximate surface area is 131 Å². The molecule has 0 saturated carbocycles. The van der Waals surface area contributed by atoms with Crippen LogP contribution in [0.1, 0.15) is 44.7 Å². The van der Waals surface area contributed by atoms with Gasteiger partial charge in [0.1, 0.15) is 5.65 Å². The molecule has 0 radical (unpaired) electrons. The highest BCUT2D eigenvalue weighted by atomic mass is 16.1. The van der Waals surface area contributed by atoms with Crippen LogP contribution in [0.3, 0.4) is 0 Å². The van der Waals surface area contributed by atoms with Gasteiger partial charge in [0.15, 0.2) is 0 Å². The first-order valence-corrected chi connectivity index (χ1v) is 8.13. The van der Waals surface area contributed by atoms with Crippen molar-refractivity contribution in [3.05, 3.63) is 47.9 Å². The van der Waals surface area contributed by atoms with Crippen molar-refractivity contribution >= 4 is 11.6 Å². The number of amides is 1. The normalized spacial score (nSPS) is 16.3. The molecule has 0 spiro atoms. The molecule has 1 atom stereocenters. The summed E-state index contributed by atoms with van der Waals surface area (Å²) in [7, 11) is 0. The van der Waals surface area contributed by atoms with Crippen molar-refractivity contribution in [1.29, 1.82) is 0 Å². The highest BCUT2D eigenvalue weighted by Crippen LogP contribution is 2.20. The molecule has 2 aromatic heterocycles. The molecule has 1 unspecified atom stereocenters. The Kier molecular flexibility index (Phi) is 4.56. The number of nitrogens with zero attached hydrogens (tertiary/aromatic N) is 2. The van der Waals surface area contributed by atoms with Gasteiger partial charge < -0.3 is 9.72 Å². The van der Waals surface area contributed by atoms with Crippen molar-refractivity contribution < 1.29 is 4.79 Å². The van der Waals surface area contributed by atoms with Gasteiger partial charge in [-0.05, 0) is 51.2 Å². The maximum Gasteiger partial charge on any atom is 0.220 e. The first kappa shape index (κ1) is 14.8. The number of imidazole rings is 1. The van der Waals surface area contributed by atoms with Crippen molar-refractivity contribution in [3.8, 4) is 0 Å². The molecule has 2 aromatic rings. The second-order valence-electron chi connectivity index (χ2n) is 6.01. The molecule has 0 aliphatic heterocycles. The zero-order valence-electron chi connectivity index (χ0n) is 13.1. The number of fused-ring (bicyclic) bond motifs is 1. The highest BCUT2D eigenvalue weighted by Gasteiger charge is 2.14. The second-order valence-corrected chi connectivity index (χ2v) is 6.01. The first-order valence-electron chi connectivity index (χ1n) is 8.13. The minimum Gasteiger partial charge on any atom is -0.350 e. The molecule has 1 N–H and O–H groups in total. The van der Waals surface area contributed by atoms with E-state index < -0.39 is 0 Å².